The highest BCUT2D eigenvalue weighted by Gasteiger charge is 2.23. The van der Waals surface area contributed by atoms with Gasteiger partial charge in [0.1, 0.15) is 0 Å². The van der Waals surface area contributed by atoms with Crippen molar-refractivity contribution in [3.8, 4) is 0 Å². The van der Waals surface area contributed by atoms with Gasteiger partial charge in [0.25, 0.3) is 0 Å². The normalized spacial score (nSPS) is 13.8. The highest BCUT2D eigenvalue weighted by molar-refractivity contribution is 7.33. The second kappa shape index (κ2) is 8.56. The topological polar surface area (TPSA) is 35.5 Å². The van der Waals surface area contributed by atoms with Gasteiger partial charge in [-0.1, -0.05) is 55.4 Å². The predicted molar refractivity (Wildman–Crippen MR) is 87.4 cm³/mol. The van der Waals surface area contributed by atoms with Crippen LogP contribution < -0.4 is 0 Å². The van der Waals surface area contributed by atoms with E-state index in [1.54, 1.807) is 0 Å². The van der Waals surface area contributed by atoms with Gasteiger partial charge >= 0.3 is 8.25 Å². The quantitative estimate of drug-likeness (QED) is 0.496. The Kier molecular flexibility index (Phi) is 8.62. The van der Waals surface area contributed by atoms with E-state index < -0.39 is 8.25 Å². The molecule has 0 saturated heterocycles. The maximum absolute atomic E-state index is 11.8. The van der Waals surface area contributed by atoms with Gasteiger partial charge in [-0.3, -0.25) is 4.57 Å². The van der Waals surface area contributed by atoms with Crippen LogP contribution in [0.5, 0.6) is 0 Å². The van der Waals surface area contributed by atoms with Crippen molar-refractivity contribution in [1.82, 2.24) is 0 Å². The van der Waals surface area contributed by atoms with Crippen molar-refractivity contribution in [1.29, 1.82) is 0 Å². The van der Waals surface area contributed by atoms with Crippen LogP contribution in [0, 0.1) is 22.7 Å². The van der Waals surface area contributed by atoms with Crippen molar-refractivity contribution in [2.75, 3.05) is 13.2 Å². The van der Waals surface area contributed by atoms with Gasteiger partial charge < -0.3 is 9.05 Å². The Hall–Kier alpha value is 0.150. The molecular formula is C16H35O3P. The van der Waals surface area contributed by atoms with E-state index >= 15 is 0 Å². The van der Waals surface area contributed by atoms with Gasteiger partial charge in [-0.05, 0) is 35.5 Å². The zero-order valence-electron chi connectivity index (χ0n) is 14.7. The van der Waals surface area contributed by atoms with E-state index in [9.17, 15) is 4.57 Å². The molecule has 0 radical (unpaired) electrons. The van der Waals surface area contributed by atoms with Gasteiger partial charge in [0, 0.05) is 0 Å². The molecule has 3 nitrogen and oxygen atoms in total. The molecule has 0 aliphatic rings. The molecule has 0 spiro atoms. The highest BCUT2D eigenvalue weighted by atomic mass is 31.1. The summed E-state index contributed by atoms with van der Waals surface area (Å²) in [5.41, 5.74) is 0.0939. The van der Waals surface area contributed by atoms with Crippen LogP contribution >= 0.6 is 8.25 Å². The monoisotopic (exact) mass is 306 g/mol. The highest BCUT2D eigenvalue weighted by Crippen LogP contribution is 2.35. The predicted octanol–water partition coefficient (Wildman–Crippen LogP) is 5.55. The van der Waals surface area contributed by atoms with E-state index in [2.05, 4.69) is 55.4 Å². The average Bonchev–Trinajstić information content (AvgIpc) is 2.20. The summed E-state index contributed by atoms with van der Waals surface area (Å²) in [5.74, 6) is 1.23. The Labute approximate surface area is 126 Å². The van der Waals surface area contributed by atoms with E-state index in [0.717, 1.165) is 12.8 Å². The molecule has 0 aromatic carbocycles. The minimum absolute atomic E-state index is 0.0469. The fourth-order valence-corrected chi connectivity index (χ4v) is 3.98. The van der Waals surface area contributed by atoms with Gasteiger partial charge in [0.2, 0.25) is 0 Å². The van der Waals surface area contributed by atoms with Crippen LogP contribution in [-0.4, -0.2) is 13.2 Å². The first-order chi connectivity index (χ1) is 8.93. The Morgan fingerprint density at radius 1 is 0.800 bits per heavy atom. The Morgan fingerprint density at radius 3 is 1.35 bits per heavy atom. The van der Waals surface area contributed by atoms with Crippen LogP contribution in [0.1, 0.15) is 68.2 Å². The maximum atomic E-state index is 11.8. The summed E-state index contributed by atoms with van der Waals surface area (Å²) in [5, 5.41) is 0. The molecule has 0 fully saturated rings. The first-order valence-corrected chi connectivity index (χ1v) is 8.95. The van der Waals surface area contributed by atoms with E-state index in [1.807, 2.05) is 0 Å². The van der Waals surface area contributed by atoms with Crippen molar-refractivity contribution in [2.45, 2.75) is 68.2 Å². The molecular weight excluding hydrogens is 271 g/mol. The van der Waals surface area contributed by atoms with Crippen molar-refractivity contribution >= 4 is 8.25 Å². The average molecular weight is 306 g/mol. The van der Waals surface area contributed by atoms with E-state index in [-0.39, 0.29) is 10.8 Å². The Balaban J connectivity index is 4.06. The Morgan fingerprint density at radius 2 is 1.10 bits per heavy atom. The van der Waals surface area contributed by atoms with Crippen LogP contribution in [0.2, 0.25) is 0 Å². The molecule has 0 unspecified atom stereocenters. The lowest BCUT2D eigenvalue weighted by Crippen LogP contribution is -2.22. The SMILES string of the molecule is CC(C)CC(C)(C)CO[PH](=O)OCC(C)(C)CC(C)C. The summed E-state index contributed by atoms with van der Waals surface area (Å²) in [6.45, 7) is 18.3. The number of rotatable bonds is 10. The largest absolute Gasteiger partial charge is 0.319 e. The molecule has 0 aromatic rings. The summed E-state index contributed by atoms with van der Waals surface area (Å²) in [7, 11) is -2.38. The third-order valence-electron chi connectivity index (χ3n) is 3.08. The summed E-state index contributed by atoms with van der Waals surface area (Å²) in [4.78, 5) is 0. The smallest absolute Gasteiger partial charge is 0.310 e. The maximum Gasteiger partial charge on any atom is 0.319 e. The molecule has 0 bridgehead atoms. The first-order valence-electron chi connectivity index (χ1n) is 7.73. The molecule has 0 heterocycles. The number of hydrogen-bond donors (Lipinski definition) is 0. The minimum atomic E-state index is -2.38. The van der Waals surface area contributed by atoms with E-state index in [0.29, 0.717) is 25.0 Å². The van der Waals surface area contributed by atoms with Crippen molar-refractivity contribution in [2.24, 2.45) is 22.7 Å². The molecule has 4 heteroatoms. The Bertz CT molecular complexity index is 268. The van der Waals surface area contributed by atoms with Crippen LogP contribution in [-0.2, 0) is 13.6 Å². The standard InChI is InChI=1S/C16H35O3P/c1-13(2)9-15(5,6)11-18-20(17)19-12-16(7,8)10-14(3)4/h13-14,20H,9-12H2,1-8H3. The van der Waals surface area contributed by atoms with E-state index in [1.165, 1.54) is 0 Å². The number of hydrogen-bond acceptors (Lipinski definition) is 3. The van der Waals surface area contributed by atoms with Gasteiger partial charge in [-0.15, -0.1) is 0 Å². The van der Waals surface area contributed by atoms with Crippen molar-refractivity contribution in [3.05, 3.63) is 0 Å². The third-order valence-corrected chi connectivity index (χ3v) is 3.84. The van der Waals surface area contributed by atoms with Crippen LogP contribution in [0.3, 0.4) is 0 Å². The van der Waals surface area contributed by atoms with Gasteiger partial charge in [0.15, 0.2) is 0 Å². The fraction of sp³-hybridized carbons (Fsp3) is 1.00. The summed E-state index contributed by atoms with van der Waals surface area (Å²) < 4.78 is 22.7. The van der Waals surface area contributed by atoms with Crippen molar-refractivity contribution < 1.29 is 13.6 Å². The molecule has 0 rings (SSSR count). The lowest BCUT2D eigenvalue weighted by atomic mass is 9.85. The molecule has 0 aliphatic carbocycles. The second-order valence-corrected chi connectivity index (χ2v) is 9.43. The molecule has 20 heavy (non-hydrogen) atoms. The van der Waals surface area contributed by atoms with Crippen molar-refractivity contribution in [3.63, 3.8) is 0 Å². The minimum Gasteiger partial charge on any atom is -0.310 e. The molecule has 122 valence electrons. The fourth-order valence-electron chi connectivity index (χ4n) is 2.88. The molecule has 0 aromatic heterocycles. The zero-order chi connectivity index (χ0) is 16.0. The molecule has 0 amide bonds. The molecule has 0 atom stereocenters. The summed E-state index contributed by atoms with van der Waals surface area (Å²) >= 11 is 0. The van der Waals surface area contributed by atoms with Crippen LogP contribution in [0.4, 0.5) is 0 Å². The molecule has 0 aliphatic heterocycles. The second-order valence-electron chi connectivity index (χ2n) is 8.35. The summed E-state index contributed by atoms with van der Waals surface area (Å²) in [6, 6.07) is 0. The lowest BCUT2D eigenvalue weighted by Gasteiger charge is -2.28. The molecule has 0 N–H and O–H groups in total. The lowest BCUT2D eigenvalue weighted by molar-refractivity contribution is 0.106. The van der Waals surface area contributed by atoms with E-state index in [4.69, 9.17) is 9.05 Å². The van der Waals surface area contributed by atoms with Crippen LogP contribution in [0.25, 0.3) is 0 Å². The van der Waals surface area contributed by atoms with Crippen LogP contribution in [0.15, 0.2) is 0 Å². The summed E-state index contributed by atoms with van der Waals surface area (Å²) in [6.07, 6.45) is 2.11. The third kappa shape index (κ3) is 10.9. The first kappa shape index (κ1) is 20.1. The van der Waals surface area contributed by atoms with Gasteiger partial charge in [-0.25, -0.2) is 0 Å². The molecule has 0 saturated carbocycles. The zero-order valence-corrected chi connectivity index (χ0v) is 15.7. The van der Waals surface area contributed by atoms with Gasteiger partial charge in [0.05, 0.1) is 13.2 Å². The van der Waals surface area contributed by atoms with Gasteiger partial charge in [-0.2, -0.15) is 0 Å².